The molecule has 4 heterocycles. The summed E-state index contributed by atoms with van der Waals surface area (Å²) in [6, 6.07) is 42.2. The Morgan fingerprint density at radius 3 is 2.37 bits per heavy atom. The Morgan fingerprint density at radius 2 is 1.52 bits per heavy atom. The topological polar surface area (TPSA) is 44.9 Å². The van der Waals surface area contributed by atoms with Crippen molar-refractivity contribution in [2.24, 2.45) is 7.05 Å². The average Bonchev–Trinajstić information content (AvgIpc) is 3.60. The van der Waals surface area contributed by atoms with Gasteiger partial charge in [0.15, 0.2) is 0 Å². The molecule has 0 unspecified atom stereocenters. The summed E-state index contributed by atoms with van der Waals surface area (Å²) in [6.07, 6.45) is 1.85. The molecule has 3 aromatic heterocycles. The fourth-order valence-electron chi connectivity index (χ4n) is 7.12. The second-order valence-electron chi connectivity index (χ2n) is 12.3. The van der Waals surface area contributed by atoms with Gasteiger partial charge in [-0.05, 0) is 54.1 Å². The molecule has 0 aliphatic carbocycles. The highest BCUT2D eigenvalue weighted by Crippen LogP contribution is 2.56. The number of nitrogens with zero attached hydrogens (tertiary/aromatic N) is 4. The van der Waals surface area contributed by atoms with Crippen molar-refractivity contribution in [2.45, 2.75) is 29.1 Å². The number of para-hydroxylation sites is 3. The molecule has 8 aromatic rings. The van der Waals surface area contributed by atoms with Crippen LogP contribution in [0.4, 0.5) is 0 Å². The Hall–Kier alpha value is -5.33. The lowest BCUT2D eigenvalue weighted by Gasteiger charge is -2.36. The van der Waals surface area contributed by atoms with E-state index in [9.17, 15) is 0 Å². The van der Waals surface area contributed by atoms with Crippen molar-refractivity contribution in [3.63, 3.8) is 0 Å². The van der Waals surface area contributed by atoms with E-state index in [1.54, 1.807) is 0 Å². The Bertz CT molecular complexity index is 2470. The average molecular weight is 615 g/mol. The van der Waals surface area contributed by atoms with Gasteiger partial charge in [0.1, 0.15) is 23.1 Å². The van der Waals surface area contributed by atoms with Crippen molar-refractivity contribution >= 4 is 44.6 Å². The number of hydrogen-bond donors (Lipinski definition) is 0. The molecule has 5 aromatic carbocycles. The largest absolute Gasteiger partial charge is 0.457 e. The van der Waals surface area contributed by atoms with Crippen LogP contribution in [0.1, 0.15) is 25.0 Å². The fraction of sp³-hybridized carbons (Fsp3) is 0.100. The van der Waals surface area contributed by atoms with Crippen LogP contribution in [0.5, 0.6) is 11.5 Å². The Labute approximate surface area is 271 Å². The van der Waals surface area contributed by atoms with E-state index in [0.29, 0.717) is 0 Å². The monoisotopic (exact) mass is 614 g/mol. The molecule has 222 valence electrons. The predicted octanol–water partition coefficient (Wildman–Crippen LogP) is 10.3. The molecular formula is C40H30N4OS. The van der Waals surface area contributed by atoms with Crippen LogP contribution in [0.3, 0.4) is 0 Å². The lowest BCUT2D eigenvalue weighted by Crippen LogP contribution is -2.24. The van der Waals surface area contributed by atoms with E-state index in [0.717, 1.165) is 50.8 Å². The predicted molar refractivity (Wildman–Crippen MR) is 187 cm³/mol. The molecule has 6 heteroatoms. The van der Waals surface area contributed by atoms with E-state index in [1.807, 2.05) is 42.2 Å². The Balaban J connectivity index is 1.30. The summed E-state index contributed by atoms with van der Waals surface area (Å²) < 4.78 is 11.4. The zero-order valence-electron chi connectivity index (χ0n) is 25.7. The van der Waals surface area contributed by atoms with Gasteiger partial charge in [-0.25, -0.2) is 9.97 Å². The van der Waals surface area contributed by atoms with Crippen LogP contribution in [0.2, 0.25) is 0 Å². The third-order valence-electron chi connectivity index (χ3n) is 9.26. The number of fused-ring (bicyclic) bond motifs is 7. The summed E-state index contributed by atoms with van der Waals surface area (Å²) in [5.41, 5.74) is 7.48. The van der Waals surface area contributed by atoms with Crippen LogP contribution in [-0.2, 0) is 12.5 Å². The molecule has 46 heavy (non-hydrogen) atoms. The van der Waals surface area contributed by atoms with Crippen LogP contribution in [0, 0.1) is 0 Å². The number of ether oxygens (including phenoxy) is 1. The first-order valence-electron chi connectivity index (χ1n) is 15.5. The maximum absolute atomic E-state index is 7.01. The summed E-state index contributed by atoms with van der Waals surface area (Å²) in [6.45, 7) is 4.63. The highest BCUT2D eigenvalue weighted by atomic mass is 32.2. The number of pyridine rings is 1. The number of aromatic nitrogens is 4. The van der Waals surface area contributed by atoms with Crippen LogP contribution >= 0.6 is 11.8 Å². The minimum atomic E-state index is -0.302. The van der Waals surface area contributed by atoms with Gasteiger partial charge in [0.05, 0.1) is 22.1 Å². The standard InChI is InChI=1S/C40H30N4OS/c1-40(2)28-16-5-9-20-34(28)46-38-36-27-15-4-7-18-30(27)44(35-21-10-11-22-41-35)32(36)24-33(37(38)40)45-26-14-12-13-25(23-26)39-42-29-17-6-8-19-31(29)43(39)3/h4-24H,1-3H3. The van der Waals surface area contributed by atoms with E-state index in [-0.39, 0.29) is 5.41 Å². The molecule has 0 fully saturated rings. The van der Waals surface area contributed by atoms with Crippen LogP contribution in [-0.4, -0.2) is 19.1 Å². The van der Waals surface area contributed by atoms with Gasteiger partial charge in [-0.15, -0.1) is 0 Å². The van der Waals surface area contributed by atoms with E-state index in [1.165, 1.54) is 31.7 Å². The van der Waals surface area contributed by atoms with Crippen molar-refractivity contribution in [1.82, 2.24) is 19.1 Å². The van der Waals surface area contributed by atoms with Crippen LogP contribution in [0.25, 0.3) is 50.0 Å². The Morgan fingerprint density at radius 1 is 0.739 bits per heavy atom. The third-order valence-corrected chi connectivity index (χ3v) is 10.5. The fourth-order valence-corrected chi connectivity index (χ4v) is 8.70. The van der Waals surface area contributed by atoms with Crippen molar-refractivity contribution in [3.8, 4) is 28.7 Å². The molecule has 0 atom stereocenters. The smallest absolute Gasteiger partial charge is 0.140 e. The van der Waals surface area contributed by atoms with Gasteiger partial charge in [0.2, 0.25) is 0 Å². The summed E-state index contributed by atoms with van der Waals surface area (Å²) >= 11 is 1.84. The van der Waals surface area contributed by atoms with Gasteiger partial charge in [-0.2, -0.15) is 0 Å². The molecule has 1 aliphatic heterocycles. The number of hydrogen-bond acceptors (Lipinski definition) is 4. The van der Waals surface area contributed by atoms with Gasteiger partial charge in [-0.3, -0.25) is 4.57 Å². The second kappa shape index (κ2) is 10.1. The zero-order valence-corrected chi connectivity index (χ0v) is 26.5. The molecule has 5 nitrogen and oxygen atoms in total. The molecule has 0 radical (unpaired) electrons. The first-order chi connectivity index (χ1) is 22.5. The number of rotatable bonds is 4. The minimum Gasteiger partial charge on any atom is -0.457 e. The van der Waals surface area contributed by atoms with E-state index >= 15 is 0 Å². The summed E-state index contributed by atoms with van der Waals surface area (Å²) in [5, 5.41) is 2.43. The molecular weight excluding hydrogens is 585 g/mol. The van der Waals surface area contributed by atoms with Crippen molar-refractivity contribution < 1.29 is 4.74 Å². The lowest BCUT2D eigenvalue weighted by molar-refractivity contribution is 0.456. The molecule has 0 amide bonds. The SMILES string of the molecule is Cn1c(-c2cccc(Oc3cc4c(c5c3C(C)(C)c3ccccc3S5)c3ccccc3n4-c3ccccn3)c2)nc2ccccc21. The van der Waals surface area contributed by atoms with Crippen molar-refractivity contribution in [2.75, 3.05) is 0 Å². The molecule has 0 N–H and O–H groups in total. The van der Waals surface area contributed by atoms with Gasteiger partial charge in [0.25, 0.3) is 0 Å². The minimum absolute atomic E-state index is 0.302. The van der Waals surface area contributed by atoms with Crippen LogP contribution in [0.15, 0.2) is 137 Å². The number of aryl methyl sites for hydroxylation is 1. The van der Waals surface area contributed by atoms with Gasteiger partial charge in [0, 0.05) is 56.4 Å². The van der Waals surface area contributed by atoms with Crippen molar-refractivity contribution in [3.05, 3.63) is 139 Å². The first-order valence-corrected chi connectivity index (χ1v) is 16.3. The normalized spacial score (nSPS) is 13.6. The second-order valence-corrected chi connectivity index (χ2v) is 13.4. The van der Waals surface area contributed by atoms with E-state index in [2.05, 4.69) is 127 Å². The number of imidazole rings is 1. The molecule has 0 saturated heterocycles. The van der Waals surface area contributed by atoms with Gasteiger partial charge < -0.3 is 9.30 Å². The molecule has 0 saturated carbocycles. The quantitative estimate of drug-likeness (QED) is 0.198. The molecule has 0 bridgehead atoms. The first kappa shape index (κ1) is 27.0. The number of benzene rings is 5. The molecule has 9 rings (SSSR count). The zero-order chi connectivity index (χ0) is 31.0. The Kier molecular flexibility index (Phi) is 5.93. The maximum atomic E-state index is 7.01. The van der Waals surface area contributed by atoms with Gasteiger partial charge >= 0.3 is 0 Å². The van der Waals surface area contributed by atoms with E-state index < -0.39 is 0 Å². The van der Waals surface area contributed by atoms with Gasteiger partial charge in [-0.1, -0.05) is 92.3 Å². The van der Waals surface area contributed by atoms with Crippen molar-refractivity contribution in [1.29, 1.82) is 0 Å². The lowest BCUT2D eigenvalue weighted by atomic mass is 9.76. The summed E-state index contributed by atoms with van der Waals surface area (Å²) in [7, 11) is 2.07. The highest BCUT2D eigenvalue weighted by Gasteiger charge is 2.38. The maximum Gasteiger partial charge on any atom is 0.140 e. The molecule has 0 spiro atoms. The van der Waals surface area contributed by atoms with E-state index in [4.69, 9.17) is 14.7 Å². The van der Waals surface area contributed by atoms with Crippen LogP contribution < -0.4 is 4.74 Å². The summed E-state index contributed by atoms with van der Waals surface area (Å²) in [5.74, 6) is 3.40. The highest BCUT2D eigenvalue weighted by molar-refractivity contribution is 7.99. The summed E-state index contributed by atoms with van der Waals surface area (Å²) in [4.78, 5) is 12.2. The molecule has 1 aliphatic rings. The third kappa shape index (κ3) is 3.96.